The summed E-state index contributed by atoms with van der Waals surface area (Å²) in [4.78, 5) is 0. The van der Waals surface area contributed by atoms with Crippen LogP contribution in [0, 0.1) is 5.92 Å². The summed E-state index contributed by atoms with van der Waals surface area (Å²) < 4.78 is 25.7. The van der Waals surface area contributed by atoms with Crippen molar-refractivity contribution in [2.75, 3.05) is 16.2 Å². The molecule has 0 unspecified atom stereocenters. The number of benzene rings is 1. The Hall–Kier alpha value is -1.23. The molecular formula is C10H14N2O2S. The molecule has 1 aliphatic rings. The van der Waals surface area contributed by atoms with E-state index in [1.807, 2.05) is 0 Å². The van der Waals surface area contributed by atoms with Crippen LogP contribution in [0.4, 0.5) is 11.4 Å². The Morgan fingerprint density at radius 3 is 2.40 bits per heavy atom. The van der Waals surface area contributed by atoms with Crippen LogP contribution in [0.1, 0.15) is 12.8 Å². The Bertz CT molecular complexity index is 435. The molecule has 1 aromatic rings. The smallest absolute Gasteiger partial charge is 0.232 e. The van der Waals surface area contributed by atoms with Gasteiger partial charge in [-0.3, -0.25) is 4.72 Å². The normalized spacial score (nSPS) is 16.3. The Morgan fingerprint density at radius 1 is 1.27 bits per heavy atom. The van der Waals surface area contributed by atoms with Crippen LogP contribution in [-0.4, -0.2) is 14.2 Å². The molecule has 2 rings (SSSR count). The number of nitrogen functional groups attached to an aromatic ring is 1. The minimum absolute atomic E-state index is 0.234. The van der Waals surface area contributed by atoms with Crippen molar-refractivity contribution in [1.82, 2.24) is 0 Å². The number of nitrogens with one attached hydrogen (secondary N) is 1. The first-order valence-electron chi connectivity index (χ1n) is 4.91. The zero-order valence-corrected chi connectivity index (χ0v) is 9.13. The van der Waals surface area contributed by atoms with Gasteiger partial charge >= 0.3 is 0 Å². The third kappa shape index (κ3) is 3.13. The minimum atomic E-state index is -3.18. The Morgan fingerprint density at radius 2 is 1.87 bits per heavy atom. The van der Waals surface area contributed by atoms with Gasteiger partial charge in [0.1, 0.15) is 0 Å². The van der Waals surface area contributed by atoms with Crippen molar-refractivity contribution in [1.29, 1.82) is 0 Å². The fourth-order valence-corrected chi connectivity index (χ4v) is 2.90. The van der Waals surface area contributed by atoms with Crippen LogP contribution < -0.4 is 10.5 Å². The quantitative estimate of drug-likeness (QED) is 0.763. The summed E-state index contributed by atoms with van der Waals surface area (Å²) in [5.41, 5.74) is 6.70. The van der Waals surface area contributed by atoms with E-state index in [0.717, 1.165) is 12.8 Å². The number of rotatable bonds is 4. The number of hydrogen-bond donors (Lipinski definition) is 2. The third-order valence-corrected chi connectivity index (χ3v) is 3.79. The van der Waals surface area contributed by atoms with Gasteiger partial charge in [-0.25, -0.2) is 8.42 Å². The van der Waals surface area contributed by atoms with Gasteiger partial charge in [0, 0.05) is 11.4 Å². The fraction of sp³-hybridized carbons (Fsp3) is 0.400. The van der Waals surface area contributed by atoms with Crippen LogP contribution in [0.5, 0.6) is 0 Å². The highest BCUT2D eigenvalue weighted by molar-refractivity contribution is 7.92. The lowest BCUT2D eigenvalue weighted by atomic mass is 10.3. The topological polar surface area (TPSA) is 72.2 Å². The van der Waals surface area contributed by atoms with E-state index in [-0.39, 0.29) is 5.75 Å². The molecule has 0 aromatic heterocycles. The second-order valence-electron chi connectivity index (χ2n) is 3.95. The van der Waals surface area contributed by atoms with Crippen LogP contribution >= 0.6 is 0 Å². The predicted octanol–water partition coefficient (Wildman–Crippen LogP) is 1.42. The lowest BCUT2D eigenvalue weighted by Crippen LogP contribution is -2.17. The summed E-state index contributed by atoms with van der Waals surface area (Å²) in [7, 11) is -3.18. The van der Waals surface area contributed by atoms with Gasteiger partial charge in [0.15, 0.2) is 0 Å². The van der Waals surface area contributed by atoms with Gasteiger partial charge < -0.3 is 5.73 Å². The summed E-state index contributed by atoms with van der Waals surface area (Å²) in [6.45, 7) is 0. The monoisotopic (exact) mass is 226 g/mol. The number of hydrogen-bond acceptors (Lipinski definition) is 3. The molecule has 0 bridgehead atoms. The molecule has 0 atom stereocenters. The molecule has 5 heteroatoms. The third-order valence-electron chi connectivity index (χ3n) is 2.34. The van der Waals surface area contributed by atoms with Crippen LogP contribution in [0.3, 0.4) is 0 Å². The highest BCUT2D eigenvalue weighted by atomic mass is 32.2. The van der Waals surface area contributed by atoms with Gasteiger partial charge in [0.05, 0.1) is 5.75 Å². The van der Waals surface area contributed by atoms with Gasteiger partial charge in [-0.1, -0.05) is 0 Å². The molecule has 1 aliphatic carbocycles. The zero-order chi connectivity index (χ0) is 10.9. The SMILES string of the molecule is Nc1ccc(NS(=O)(=O)CC2CC2)cc1. The molecule has 3 N–H and O–H groups in total. The molecule has 0 spiro atoms. The van der Waals surface area contributed by atoms with Crippen molar-refractivity contribution >= 4 is 21.4 Å². The van der Waals surface area contributed by atoms with Gasteiger partial charge in [0.2, 0.25) is 10.0 Å². The molecule has 15 heavy (non-hydrogen) atoms. The summed E-state index contributed by atoms with van der Waals surface area (Å²) >= 11 is 0. The molecule has 4 nitrogen and oxygen atoms in total. The van der Waals surface area contributed by atoms with E-state index < -0.39 is 10.0 Å². The second kappa shape index (κ2) is 3.73. The maximum Gasteiger partial charge on any atom is 0.232 e. The van der Waals surface area contributed by atoms with Gasteiger partial charge in [-0.2, -0.15) is 0 Å². The second-order valence-corrected chi connectivity index (χ2v) is 5.72. The minimum Gasteiger partial charge on any atom is -0.399 e. The van der Waals surface area contributed by atoms with Crippen LogP contribution in [0.2, 0.25) is 0 Å². The molecule has 82 valence electrons. The zero-order valence-electron chi connectivity index (χ0n) is 8.31. The van der Waals surface area contributed by atoms with E-state index in [4.69, 9.17) is 5.73 Å². The van der Waals surface area contributed by atoms with Gasteiger partial charge in [-0.15, -0.1) is 0 Å². The lowest BCUT2D eigenvalue weighted by molar-refractivity contribution is 0.597. The highest BCUT2D eigenvalue weighted by Crippen LogP contribution is 2.30. The molecule has 1 fully saturated rings. The summed E-state index contributed by atoms with van der Waals surface area (Å²) in [6.07, 6.45) is 2.06. The van der Waals surface area contributed by atoms with Crippen molar-refractivity contribution in [2.45, 2.75) is 12.8 Å². The van der Waals surface area contributed by atoms with E-state index in [2.05, 4.69) is 4.72 Å². The fourth-order valence-electron chi connectivity index (χ4n) is 1.37. The highest BCUT2D eigenvalue weighted by Gasteiger charge is 2.27. The van der Waals surface area contributed by atoms with E-state index >= 15 is 0 Å². The molecule has 1 aromatic carbocycles. The standard InChI is InChI=1S/C10H14N2O2S/c11-9-3-5-10(6-4-9)12-15(13,14)7-8-1-2-8/h3-6,8,12H,1-2,7,11H2. The van der Waals surface area contributed by atoms with Crippen LogP contribution in [0.25, 0.3) is 0 Å². The molecule has 0 radical (unpaired) electrons. The first-order valence-corrected chi connectivity index (χ1v) is 6.56. The number of nitrogens with two attached hydrogens (primary N) is 1. The maximum absolute atomic E-state index is 11.6. The van der Waals surface area contributed by atoms with Crippen molar-refractivity contribution in [3.63, 3.8) is 0 Å². The lowest BCUT2D eigenvalue weighted by Gasteiger charge is -2.07. The van der Waals surface area contributed by atoms with Crippen molar-refractivity contribution in [3.8, 4) is 0 Å². The molecule has 0 amide bonds. The molecule has 0 saturated heterocycles. The first kappa shape index (κ1) is 10.3. The molecular weight excluding hydrogens is 212 g/mol. The van der Waals surface area contributed by atoms with E-state index in [1.165, 1.54) is 0 Å². The van der Waals surface area contributed by atoms with E-state index in [1.54, 1.807) is 24.3 Å². The number of anilines is 2. The summed E-state index contributed by atoms with van der Waals surface area (Å²) in [6, 6.07) is 6.68. The summed E-state index contributed by atoms with van der Waals surface area (Å²) in [5, 5.41) is 0. The van der Waals surface area contributed by atoms with Crippen molar-refractivity contribution < 1.29 is 8.42 Å². The Balaban J connectivity index is 2.03. The predicted molar refractivity (Wildman–Crippen MR) is 61.0 cm³/mol. The van der Waals surface area contributed by atoms with Crippen molar-refractivity contribution in [3.05, 3.63) is 24.3 Å². The van der Waals surface area contributed by atoms with Crippen LogP contribution in [0.15, 0.2) is 24.3 Å². The molecule has 0 heterocycles. The molecule has 1 saturated carbocycles. The Labute approximate surface area is 89.5 Å². The van der Waals surface area contributed by atoms with E-state index in [0.29, 0.717) is 17.3 Å². The largest absolute Gasteiger partial charge is 0.399 e. The molecule has 0 aliphatic heterocycles. The average molecular weight is 226 g/mol. The van der Waals surface area contributed by atoms with Gasteiger partial charge in [-0.05, 0) is 43.0 Å². The van der Waals surface area contributed by atoms with E-state index in [9.17, 15) is 8.42 Å². The van der Waals surface area contributed by atoms with Gasteiger partial charge in [0.25, 0.3) is 0 Å². The Kier molecular flexibility index (Phi) is 2.56. The van der Waals surface area contributed by atoms with Crippen molar-refractivity contribution in [2.24, 2.45) is 5.92 Å². The average Bonchev–Trinajstić information content (AvgIpc) is 2.91. The number of sulfonamides is 1. The maximum atomic E-state index is 11.6. The van der Waals surface area contributed by atoms with Crippen LogP contribution in [-0.2, 0) is 10.0 Å². The first-order chi connectivity index (χ1) is 7.05. The summed E-state index contributed by atoms with van der Waals surface area (Å²) in [5.74, 6) is 0.591.